The van der Waals surface area contributed by atoms with Crippen LogP contribution in [0.4, 0.5) is 10.1 Å². The first-order valence-corrected chi connectivity index (χ1v) is 6.64. The Balaban J connectivity index is 2.15. The van der Waals surface area contributed by atoms with E-state index < -0.39 is 0 Å². The summed E-state index contributed by atoms with van der Waals surface area (Å²) in [6, 6.07) is 5.14. The van der Waals surface area contributed by atoms with Crippen molar-refractivity contribution >= 4 is 5.69 Å². The Morgan fingerprint density at radius 1 is 1.17 bits per heavy atom. The van der Waals surface area contributed by atoms with Crippen LogP contribution in [0.1, 0.15) is 13.8 Å². The van der Waals surface area contributed by atoms with Crippen LogP contribution in [-0.2, 0) is 0 Å². The summed E-state index contributed by atoms with van der Waals surface area (Å²) in [5.41, 5.74) is 0.882. The molecule has 0 atom stereocenters. The fourth-order valence-corrected chi connectivity index (χ4v) is 2.34. The molecule has 0 saturated carbocycles. The van der Waals surface area contributed by atoms with Gasteiger partial charge in [-0.3, -0.25) is 0 Å². The molecule has 1 aromatic rings. The molecule has 1 heterocycles. The van der Waals surface area contributed by atoms with E-state index in [0.29, 0.717) is 12.4 Å². The average molecular weight is 252 g/mol. The average Bonchev–Trinajstić information content (AvgIpc) is 2.41. The van der Waals surface area contributed by atoms with E-state index in [0.717, 1.165) is 38.4 Å². The summed E-state index contributed by atoms with van der Waals surface area (Å²) in [4.78, 5) is 4.61. The van der Waals surface area contributed by atoms with Gasteiger partial charge in [0.1, 0.15) is 0 Å². The summed E-state index contributed by atoms with van der Waals surface area (Å²) in [6.07, 6.45) is 0. The lowest BCUT2D eigenvalue weighted by molar-refractivity contribution is 0.268. The Morgan fingerprint density at radius 2 is 1.89 bits per heavy atom. The van der Waals surface area contributed by atoms with Crippen LogP contribution in [0.15, 0.2) is 18.2 Å². The Morgan fingerprint density at radius 3 is 2.50 bits per heavy atom. The number of benzene rings is 1. The van der Waals surface area contributed by atoms with Crippen molar-refractivity contribution in [2.75, 3.05) is 44.2 Å². The van der Waals surface area contributed by atoms with Crippen molar-refractivity contribution in [1.29, 1.82) is 0 Å². The van der Waals surface area contributed by atoms with Gasteiger partial charge in [0.2, 0.25) is 0 Å². The molecule has 1 aliphatic rings. The third kappa shape index (κ3) is 2.75. The van der Waals surface area contributed by atoms with Crippen LogP contribution in [-0.4, -0.2) is 44.2 Å². The molecular formula is C14H21FN2O. The Kier molecular flexibility index (Phi) is 4.42. The van der Waals surface area contributed by atoms with E-state index in [2.05, 4.69) is 16.7 Å². The summed E-state index contributed by atoms with van der Waals surface area (Å²) in [5.74, 6) is 0.122. The molecule has 0 amide bonds. The highest BCUT2D eigenvalue weighted by Crippen LogP contribution is 2.31. The third-order valence-corrected chi connectivity index (χ3v) is 3.40. The van der Waals surface area contributed by atoms with Gasteiger partial charge in [0.15, 0.2) is 11.6 Å². The smallest absolute Gasteiger partial charge is 0.178 e. The molecular weight excluding hydrogens is 231 g/mol. The lowest BCUT2D eigenvalue weighted by Gasteiger charge is -2.36. The Labute approximate surface area is 108 Å². The molecule has 3 nitrogen and oxygen atoms in total. The van der Waals surface area contributed by atoms with Crippen LogP contribution in [0.5, 0.6) is 5.75 Å². The molecule has 0 unspecified atom stereocenters. The molecule has 0 N–H and O–H groups in total. The number of rotatable bonds is 4. The second-order valence-electron chi connectivity index (χ2n) is 4.44. The topological polar surface area (TPSA) is 15.7 Å². The summed E-state index contributed by atoms with van der Waals surface area (Å²) in [7, 11) is 0. The van der Waals surface area contributed by atoms with Gasteiger partial charge in [-0.05, 0) is 25.6 Å². The van der Waals surface area contributed by atoms with Gasteiger partial charge >= 0.3 is 0 Å². The summed E-state index contributed by atoms with van der Waals surface area (Å²) in [5, 5.41) is 0. The standard InChI is InChI=1S/C14H21FN2O/c1-3-16-8-10-17(11-9-16)13-7-5-6-12(15)14(13)18-4-2/h5-7H,3-4,8-11H2,1-2H3. The highest BCUT2D eigenvalue weighted by Gasteiger charge is 2.20. The van der Waals surface area contributed by atoms with E-state index >= 15 is 0 Å². The fraction of sp³-hybridized carbons (Fsp3) is 0.571. The maximum atomic E-state index is 13.8. The maximum absolute atomic E-state index is 13.8. The number of para-hydroxylation sites is 1. The lowest BCUT2D eigenvalue weighted by atomic mass is 10.2. The van der Waals surface area contributed by atoms with Crippen LogP contribution >= 0.6 is 0 Å². The fourth-order valence-electron chi connectivity index (χ4n) is 2.34. The molecule has 0 radical (unpaired) electrons. The first kappa shape index (κ1) is 13.1. The predicted octanol–water partition coefficient (Wildman–Crippen LogP) is 2.37. The molecule has 0 aromatic heterocycles. The van der Waals surface area contributed by atoms with E-state index in [-0.39, 0.29) is 5.82 Å². The van der Waals surface area contributed by atoms with Crippen LogP contribution in [0.25, 0.3) is 0 Å². The van der Waals surface area contributed by atoms with Gasteiger partial charge in [0.25, 0.3) is 0 Å². The number of anilines is 1. The number of piperazine rings is 1. The van der Waals surface area contributed by atoms with Crippen molar-refractivity contribution in [2.24, 2.45) is 0 Å². The summed E-state index contributed by atoms with van der Waals surface area (Å²) in [6.45, 7) is 9.53. The molecule has 0 aliphatic carbocycles. The predicted molar refractivity (Wildman–Crippen MR) is 71.9 cm³/mol. The minimum Gasteiger partial charge on any atom is -0.489 e. The van der Waals surface area contributed by atoms with Gasteiger partial charge in [-0.25, -0.2) is 4.39 Å². The maximum Gasteiger partial charge on any atom is 0.178 e. The molecule has 1 aromatic carbocycles. The lowest BCUT2D eigenvalue weighted by Crippen LogP contribution is -2.46. The van der Waals surface area contributed by atoms with Crippen molar-refractivity contribution in [3.8, 4) is 5.75 Å². The van der Waals surface area contributed by atoms with Crippen molar-refractivity contribution < 1.29 is 9.13 Å². The van der Waals surface area contributed by atoms with E-state index in [1.54, 1.807) is 6.07 Å². The SMILES string of the molecule is CCOc1c(F)cccc1N1CCN(CC)CC1. The summed E-state index contributed by atoms with van der Waals surface area (Å²) < 4.78 is 19.2. The number of ether oxygens (including phenoxy) is 1. The minimum atomic E-state index is -0.271. The first-order chi connectivity index (χ1) is 8.76. The van der Waals surface area contributed by atoms with Crippen molar-refractivity contribution in [3.05, 3.63) is 24.0 Å². The normalized spacial score (nSPS) is 16.9. The Bertz CT molecular complexity index is 389. The first-order valence-electron chi connectivity index (χ1n) is 6.64. The number of nitrogens with zero attached hydrogens (tertiary/aromatic N) is 2. The van der Waals surface area contributed by atoms with Crippen LogP contribution in [0.2, 0.25) is 0 Å². The van der Waals surface area contributed by atoms with E-state index in [1.807, 2.05) is 13.0 Å². The zero-order valence-corrected chi connectivity index (χ0v) is 11.2. The summed E-state index contributed by atoms with van der Waals surface area (Å²) >= 11 is 0. The third-order valence-electron chi connectivity index (χ3n) is 3.40. The molecule has 1 aliphatic heterocycles. The molecule has 4 heteroatoms. The van der Waals surface area contributed by atoms with Gasteiger partial charge in [0.05, 0.1) is 12.3 Å². The van der Waals surface area contributed by atoms with Crippen molar-refractivity contribution in [1.82, 2.24) is 4.90 Å². The van der Waals surface area contributed by atoms with Crippen LogP contribution in [0.3, 0.4) is 0 Å². The zero-order valence-electron chi connectivity index (χ0n) is 11.2. The molecule has 2 rings (SSSR count). The number of hydrogen-bond acceptors (Lipinski definition) is 3. The van der Waals surface area contributed by atoms with Gasteiger partial charge in [-0.15, -0.1) is 0 Å². The molecule has 100 valence electrons. The van der Waals surface area contributed by atoms with E-state index in [1.165, 1.54) is 6.07 Å². The van der Waals surface area contributed by atoms with Crippen LogP contribution < -0.4 is 9.64 Å². The largest absolute Gasteiger partial charge is 0.489 e. The molecule has 0 bridgehead atoms. The van der Waals surface area contributed by atoms with E-state index in [9.17, 15) is 4.39 Å². The minimum absolute atomic E-state index is 0.271. The zero-order chi connectivity index (χ0) is 13.0. The Hall–Kier alpha value is -1.29. The van der Waals surface area contributed by atoms with Gasteiger partial charge < -0.3 is 14.5 Å². The second kappa shape index (κ2) is 6.05. The molecule has 1 fully saturated rings. The van der Waals surface area contributed by atoms with E-state index in [4.69, 9.17) is 4.74 Å². The van der Waals surface area contributed by atoms with Gasteiger partial charge in [-0.2, -0.15) is 0 Å². The molecule has 18 heavy (non-hydrogen) atoms. The van der Waals surface area contributed by atoms with Gasteiger partial charge in [0, 0.05) is 26.2 Å². The number of halogens is 1. The van der Waals surface area contributed by atoms with Crippen LogP contribution in [0, 0.1) is 5.82 Å². The van der Waals surface area contributed by atoms with Crippen molar-refractivity contribution in [2.45, 2.75) is 13.8 Å². The second-order valence-corrected chi connectivity index (χ2v) is 4.44. The van der Waals surface area contributed by atoms with Gasteiger partial charge in [-0.1, -0.05) is 13.0 Å². The number of hydrogen-bond donors (Lipinski definition) is 0. The highest BCUT2D eigenvalue weighted by molar-refractivity contribution is 5.59. The molecule has 1 saturated heterocycles. The monoisotopic (exact) mass is 252 g/mol. The van der Waals surface area contributed by atoms with Crippen molar-refractivity contribution in [3.63, 3.8) is 0 Å². The number of likely N-dealkylation sites (N-methyl/N-ethyl adjacent to an activating group) is 1. The highest BCUT2D eigenvalue weighted by atomic mass is 19.1. The molecule has 0 spiro atoms. The quantitative estimate of drug-likeness (QED) is 0.818.